The lowest BCUT2D eigenvalue weighted by atomic mass is 10.2. The first-order valence-electron chi connectivity index (χ1n) is 5.55. The molecule has 0 saturated carbocycles. The average molecular weight is 237 g/mol. The Labute approximate surface area is 102 Å². The highest BCUT2D eigenvalue weighted by Gasteiger charge is 2.24. The van der Waals surface area contributed by atoms with Gasteiger partial charge in [-0.05, 0) is 6.08 Å². The largest absolute Gasteiger partial charge is 0.328 e. The predicted molar refractivity (Wildman–Crippen MR) is 68.9 cm³/mol. The van der Waals surface area contributed by atoms with Crippen molar-refractivity contribution in [3.63, 3.8) is 0 Å². The summed E-state index contributed by atoms with van der Waals surface area (Å²) < 4.78 is 0. The van der Waals surface area contributed by atoms with E-state index in [-0.39, 0.29) is 5.91 Å². The molecule has 3 amide bonds. The van der Waals surface area contributed by atoms with Gasteiger partial charge in [-0.2, -0.15) is 0 Å². The minimum atomic E-state index is -0.417. The van der Waals surface area contributed by atoms with Gasteiger partial charge in [0.2, 0.25) is 5.91 Å². The van der Waals surface area contributed by atoms with E-state index in [1.165, 1.54) is 4.90 Å². The summed E-state index contributed by atoms with van der Waals surface area (Å²) >= 11 is 0. The number of hydrogen-bond donors (Lipinski definition) is 1. The molecule has 1 saturated heterocycles. The number of aliphatic imine (C=N–C) groups is 1. The van der Waals surface area contributed by atoms with Crippen LogP contribution in [0.15, 0.2) is 29.4 Å². The molecule has 0 unspecified atom stereocenters. The number of allylic oxidation sites excluding steroid dienone is 3. The minimum Gasteiger partial charge on any atom is -0.294 e. The fourth-order valence-electron chi connectivity index (χ4n) is 1.27. The first kappa shape index (κ1) is 15.1. The molecule has 1 aliphatic rings. The number of amides is 3. The topological polar surface area (TPSA) is 61.8 Å². The van der Waals surface area contributed by atoms with E-state index in [1.807, 2.05) is 13.8 Å². The Morgan fingerprint density at radius 1 is 1.47 bits per heavy atom. The maximum atomic E-state index is 11.5. The summed E-state index contributed by atoms with van der Waals surface area (Å²) in [7, 11) is 1.62. The summed E-state index contributed by atoms with van der Waals surface area (Å²) in [5.41, 5.74) is 0.623. The molecule has 0 aromatic carbocycles. The van der Waals surface area contributed by atoms with Crippen molar-refractivity contribution in [1.82, 2.24) is 10.2 Å². The normalized spacial score (nSPS) is 16.4. The van der Waals surface area contributed by atoms with E-state index in [2.05, 4.69) is 16.9 Å². The molecule has 0 spiro atoms. The van der Waals surface area contributed by atoms with E-state index in [0.717, 1.165) is 0 Å². The fourth-order valence-corrected chi connectivity index (χ4v) is 1.27. The smallest absolute Gasteiger partial charge is 0.294 e. The minimum absolute atomic E-state index is 0.248. The molecule has 0 radical (unpaired) electrons. The van der Waals surface area contributed by atoms with E-state index < -0.39 is 6.03 Å². The number of imide groups is 1. The van der Waals surface area contributed by atoms with Gasteiger partial charge in [0.1, 0.15) is 0 Å². The van der Waals surface area contributed by atoms with Gasteiger partial charge in [-0.15, -0.1) is 0 Å². The van der Waals surface area contributed by atoms with Crippen molar-refractivity contribution in [2.75, 3.05) is 13.6 Å². The quantitative estimate of drug-likeness (QED) is 0.600. The van der Waals surface area contributed by atoms with Crippen molar-refractivity contribution < 1.29 is 9.59 Å². The molecule has 0 atom stereocenters. The van der Waals surface area contributed by atoms with Crippen LogP contribution in [-0.4, -0.2) is 36.6 Å². The standard InChI is InChI=1S/C10H13N3O2.C2H6/c1-3-4-8(7-11-2)13-6-5-9(14)12-10(13)15;1-2/h3-4,7H,1,5-6H2,2H3,(H,12,14,15);1-2H3/b8-4+,11-7?;. The molecular weight excluding hydrogens is 218 g/mol. The highest BCUT2D eigenvalue weighted by Crippen LogP contribution is 2.08. The van der Waals surface area contributed by atoms with Gasteiger partial charge in [0.15, 0.2) is 0 Å². The molecule has 0 aromatic heterocycles. The SMILES string of the molecule is C=C/C=C(\C=NC)N1CCC(=O)NC1=O.CC. The zero-order valence-corrected chi connectivity index (χ0v) is 10.6. The van der Waals surface area contributed by atoms with Crippen LogP contribution in [0.5, 0.6) is 0 Å². The van der Waals surface area contributed by atoms with Crippen LogP contribution in [-0.2, 0) is 4.79 Å². The third-order valence-corrected chi connectivity index (χ3v) is 1.92. The second-order valence-corrected chi connectivity index (χ2v) is 2.97. The molecule has 17 heavy (non-hydrogen) atoms. The Bertz CT molecular complexity index is 346. The van der Waals surface area contributed by atoms with Crippen molar-refractivity contribution in [2.45, 2.75) is 20.3 Å². The van der Waals surface area contributed by atoms with Crippen LogP contribution in [0.1, 0.15) is 20.3 Å². The lowest BCUT2D eigenvalue weighted by Gasteiger charge is -2.26. The molecule has 0 bridgehead atoms. The maximum Gasteiger partial charge on any atom is 0.328 e. The van der Waals surface area contributed by atoms with E-state index in [9.17, 15) is 9.59 Å². The molecule has 5 nitrogen and oxygen atoms in total. The molecule has 1 rings (SSSR count). The van der Waals surface area contributed by atoms with Crippen LogP contribution in [0.3, 0.4) is 0 Å². The molecule has 94 valence electrons. The first-order chi connectivity index (χ1) is 8.19. The van der Waals surface area contributed by atoms with E-state index in [1.54, 1.807) is 25.4 Å². The Morgan fingerprint density at radius 3 is 2.59 bits per heavy atom. The lowest BCUT2D eigenvalue weighted by molar-refractivity contribution is -0.121. The number of carbonyl (C=O) groups excluding carboxylic acids is 2. The van der Waals surface area contributed by atoms with Crippen molar-refractivity contribution >= 4 is 18.2 Å². The summed E-state index contributed by atoms with van der Waals surface area (Å²) in [6.45, 7) is 7.93. The van der Waals surface area contributed by atoms with Gasteiger partial charge in [0.25, 0.3) is 0 Å². The molecule has 5 heteroatoms. The monoisotopic (exact) mass is 237 g/mol. The molecule has 1 heterocycles. The van der Waals surface area contributed by atoms with Gasteiger partial charge in [-0.25, -0.2) is 4.79 Å². The lowest BCUT2D eigenvalue weighted by Crippen LogP contribution is -2.49. The molecule has 1 fully saturated rings. The zero-order valence-electron chi connectivity index (χ0n) is 10.6. The number of hydrogen-bond acceptors (Lipinski definition) is 3. The van der Waals surface area contributed by atoms with Crippen LogP contribution in [0, 0.1) is 0 Å². The Hall–Kier alpha value is -1.91. The highest BCUT2D eigenvalue weighted by atomic mass is 16.2. The van der Waals surface area contributed by atoms with Gasteiger partial charge in [-0.1, -0.05) is 26.5 Å². The average Bonchev–Trinajstić information content (AvgIpc) is 2.32. The summed E-state index contributed by atoms with van der Waals surface area (Å²) in [6.07, 6.45) is 5.10. The summed E-state index contributed by atoms with van der Waals surface area (Å²) in [5.74, 6) is -0.248. The van der Waals surface area contributed by atoms with Crippen molar-refractivity contribution in [3.05, 3.63) is 24.4 Å². The Balaban J connectivity index is 0.00000121. The van der Waals surface area contributed by atoms with E-state index in [4.69, 9.17) is 0 Å². The van der Waals surface area contributed by atoms with Crippen LogP contribution in [0.4, 0.5) is 4.79 Å². The van der Waals surface area contributed by atoms with Gasteiger partial charge in [0.05, 0.1) is 5.70 Å². The third-order valence-electron chi connectivity index (χ3n) is 1.92. The summed E-state index contributed by atoms with van der Waals surface area (Å²) in [5, 5.41) is 2.24. The summed E-state index contributed by atoms with van der Waals surface area (Å²) in [4.78, 5) is 27.7. The predicted octanol–water partition coefficient (Wildman–Crippen LogP) is 1.72. The first-order valence-corrected chi connectivity index (χ1v) is 5.55. The molecule has 0 aliphatic carbocycles. The van der Waals surface area contributed by atoms with Crippen LogP contribution in [0.2, 0.25) is 0 Å². The van der Waals surface area contributed by atoms with Gasteiger partial charge >= 0.3 is 6.03 Å². The van der Waals surface area contributed by atoms with E-state index >= 15 is 0 Å². The number of rotatable bonds is 3. The maximum absolute atomic E-state index is 11.5. The van der Waals surface area contributed by atoms with Crippen molar-refractivity contribution in [2.24, 2.45) is 4.99 Å². The van der Waals surface area contributed by atoms with Crippen molar-refractivity contribution in [3.8, 4) is 0 Å². The molecule has 1 aliphatic heterocycles. The number of carbonyl (C=O) groups is 2. The number of urea groups is 1. The Kier molecular flexibility index (Phi) is 7.34. The summed E-state index contributed by atoms with van der Waals surface area (Å²) in [6, 6.07) is -0.417. The number of nitrogens with zero attached hydrogens (tertiary/aromatic N) is 2. The molecule has 0 aromatic rings. The molecular formula is C12H19N3O2. The van der Waals surface area contributed by atoms with Gasteiger partial charge < -0.3 is 0 Å². The van der Waals surface area contributed by atoms with Crippen LogP contribution in [0.25, 0.3) is 0 Å². The zero-order chi connectivity index (χ0) is 13.3. The highest BCUT2D eigenvalue weighted by molar-refractivity contribution is 5.99. The Morgan fingerprint density at radius 2 is 2.12 bits per heavy atom. The number of nitrogens with one attached hydrogen (secondary N) is 1. The van der Waals surface area contributed by atoms with Gasteiger partial charge in [-0.3, -0.25) is 20.0 Å². The van der Waals surface area contributed by atoms with Crippen LogP contribution < -0.4 is 5.32 Å². The van der Waals surface area contributed by atoms with Crippen molar-refractivity contribution in [1.29, 1.82) is 0 Å². The second-order valence-electron chi connectivity index (χ2n) is 2.97. The molecule has 1 N–H and O–H groups in total. The third kappa shape index (κ3) is 4.63. The fraction of sp³-hybridized carbons (Fsp3) is 0.417. The van der Waals surface area contributed by atoms with Crippen LogP contribution >= 0.6 is 0 Å². The second kappa shape index (κ2) is 8.27. The van der Waals surface area contributed by atoms with Gasteiger partial charge in [0, 0.05) is 26.2 Å². The van der Waals surface area contributed by atoms with E-state index in [0.29, 0.717) is 18.7 Å².